The monoisotopic (exact) mass is 417 g/mol. The molecule has 2 rings (SSSR count). The van der Waals surface area contributed by atoms with Gasteiger partial charge in [0, 0.05) is 15.7 Å². The van der Waals surface area contributed by atoms with Gasteiger partial charge in [-0.25, -0.2) is 0 Å². The van der Waals surface area contributed by atoms with Crippen molar-refractivity contribution in [3.63, 3.8) is 0 Å². The van der Waals surface area contributed by atoms with Crippen LogP contribution in [0.4, 0.5) is 8.78 Å². The van der Waals surface area contributed by atoms with Crippen LogP contribution in [-0.4, -0.2) is 12.5 Å². The predicted octanol–water partition coefficient (Wildman–Crippen LogP) is 4.13. The number of ether oxygens (including phenoxy) is 1. The number of benzene rings is 2. The molecular formula is C16H14F2INO2. The first-order chi connectivity index (χ1) is 10.5. The van der Waals surface area contributed by atoms with Crippen LogP contribution < -0.4 is 10.1 Å². The lowest BCUT2D eigenvalue weighted by molar-refractivity contribution is -0.0504. The van der Waals surface area contributed by atoms with Crippen molar-refractivity contribution in [1.29, 1.82) is 0 Å². The minimum atomic E-state index is -2.89. The van der Waals surface area contributed by atoms with Crippen LogP contribution in [0, 0.1) is 10.5 Å². The van der Waals surface area contributed by atoms with Gasteiger partial charge in [0.1, 0.15) is 5.75 Å². The van der Waals surface area contributed by atoms with Crippen molar-refractivity contribution in [1.82, 2.24) is 5.32 Å². The Morgan fingerprint density at radius 2 is 1.95 bits per heavy atom. The predicted molar refractivity (Wildman–Crippen MR) is 88.1 cm³/mol. The number of halogens is 3. The summed E-state index contributed by atoms with van der Waals surface area (Å²) in [6.45, 7) is -0.856. The number of alkyl halides is 2. The summed E-state index contributed by atoms with van der Waals surface area (Å²) >= 11 is 2.11. The Balaban J connectivity index is 2.10. The molecule has 0 aliphatic carbocycles. The summed E-state index contributed by atoms with van der Waals surface area (Å²) in [5.74, 6) is -0.184. The summed E-state index contributed by atoms with van der Waals surface area (Å²) in [5.41, 5.74) is 2.07. The van der Waals surface area contributed by atoms with Crippen molar-refractivity contribution in [3.8, 4) is 5.75 Å². The van der Waals surface area contributed by atoms with Crippen LogP contribution in [0.25, 0.3) is 0 Å². The number of rotatable bonds is 5. The molecule has 1 amide bonds. The Morgan fingerprint density at radius 3 is 2.68 bits per heavy atom. The summed E-state index contributed by atoms with van der Waals surface area (Å²) < 4.78 is 30.0. The van der Waals surface area contributed by atoms with Crippen molar-refractivity contribution in [2.24, 2.45) is 0 Å². The molecule has 0 saturated heterocycles. The maximum Gasteiger partial charge on any atom is 0.387 e. The van der Waals surface area contributed by atoms with Crippen molar-refractivity contribution in [3.05, 3.63) is 62.7 Å². The third-order valence-electron chi connectivity index (χ3n) is 3.06. The van der Waals surface area contributed by atoms with Crippen molar-refractivity contribution < 1.29 is 18.3 Å². The van der Waals surface area contributed by atoms with E-state index in [4.69, 9.17) is 0 Å². The quantitative estimate of drug-likeness (QED) is 0.744. The van der Waals surface area contributed by atoms with E-state index in [0.717, 1.165) is 9.13 Å². The fourth-order valence-corrected chi connectivity index (χ4v) is 2.56. The Labute approximate surface area is 140 Å². The fourth-order valence-electron chi connectivity index (χ4n) is 1.95. The van der Waals surface area contributed by atoms with Crippen LogP contribution in [0.3, 0.4) is 0 Å². The van der Waals surface area contributed by atoms with Crippen molar-refractivity contribution in [2.75, 3.05) is 0 Å². The minimum absolute atomic E-state index is 0.0664. The highest BCUT2D eigenvalue weighted by Gasteiger charge is 2.13. The van der Waals surface area contributed by atoms with Crippen LogP contribution in [0.1, 0.15) is 21.5 Å². The Bertz CT molecular complexity index is 677. The van der Waals surface area contributed by atoms with Gasteiger partial charge in [-0.3, -0.25) is 4.79 Å². The second-order valence-corrected chi connectivity index (χ2v) is 5.68. The largest absolute Gasteiger partial charge is 0.434 e. The van der Waals surface area contributed by atoms with E-state index in [0.29, 0.717) is 11.1 Å². The fraction of sp³-hybridized carbons (Fsp3) is 0.188. The number of carbonyl (C=O) groups excluding carboxylic acids is 1. The number of aryl methyl sites for hydroxylation is 1. The van der Waals surface area contributed by atoms with Gasteiger partial charge in [-0.15, -0.1) is 0 Å². The number of amides is 1. The van der Waals surface area contributed by atoms with Crippen LogP contribution in [-0.2, 0) is 6.54 Å². The highest BCUT2D eigenvalue weighted by molar-refractivity contribution is 14.1. The molecule has 116 valence electrons. The first-order valence-electron chi connectivity index (χ1n) is 6.55. The second kappa shape index (κ2) is 7.53. The zero-order valence-corrected chi connectivity index (χ0v) is 13.9. The van der Waals surface area contributed by atoms with Gasteiger partial charge in [-0.2, -0.15) is 8.78 Å². The molecule has 1 N–H and O–H groups in total. The van der Waals surface area contributed by atoms with E-state index >= 15 is 0 Å². The van der Waals surface area contributed by atoms with Crippen molar-refractivity contribution in [2.45, 2.75) is 20.1 Å². The maximum absolute atomic E-state index is 12.4. The topological polar surface area (TPSA) is 38.3 Å². The van der Waals surface area contributed by atoms with E-state index in [1.54, 1.807) is 30.3 Å². The molecule has 0 fully saturated rings. The standard InChI is InChI=1S/C16H14F2INO2/c1-10-5-4-7-12(14(10)19)15(21)20-9-11-6-2-3-8-13(11)22-16(17)18/h2-8,16H,9H2,1H3,(H,20,21). The third-order valence-corrected chi connectivity index (χ3v) is 4.50. The zero-order valence-electron chi connectivity index (χ0n) is 11.8. The molecule has 0 aromatic heterocycles. The number of nitrogens with one attached hydrogen (secondary N) is 1. The van der Waals surface area contributed by atoms with Gasteiger partial charge < -0.3 is 10.1 Å². The summed E-state index contributed by atoms with van der Waals surface area (Å²) in [6, 6.07) is 11.8. The number of hydrogen-bond donors (Lipinski definition) is 1. The van der Waals surface area contributed by atoms with E-state index in [1.165, 1.54) is 6.07 Å². The smallest absolute Gasteiger partial charge is 0.387 e. The molecule has 2 aromatic carbocycles. The van der Waals surface area contributed by atoms with Crippen LogP contribution in [0.2, 0.25) is 0 Å². The normalized spacial score (nSPS) is 10.6. The number of carbonyl (C=O) groups is 1. The van der Waals surface area contributed by atoms with E-state index in [-0.39, 0.29) is 18.2 Å². The average Bonchev–Trinajstić information content (AvgIpc) is 2.48. The van der Waals surface area contributed by atoms with Crippen LogP contribution in [0.15, 0.2) is 42.5 Å². The SMILES string of the molecule is Cc1cccc(C(=O)NCc2ccccc2OC(F)F)c1I. The molecule has 0 radical (unpaired) electrons. The second-order valence-electron chi connectivity index (χ2n) is 4.61. The molecule has 0 bridgehead atoms. The Hall–Kier alpha value is -1.70. The highest BCUT2D eigenvalue weighted by atomic mass is 127. The molecule has 2 aromatic rings. The number of para-hydroxylation sites is 1. The van der Waals surface area contributed by atoms with E-state index in [1.807, 2.05) is 13.0 Å². The van der Waals surface area contributed by atoms with Gasteiger partial charge in [0.25, 0.3) is 5.91 Å². The first kappa shape index (κ1) is 16.7. The van der Waals surface area contributed by atoms with Gasteiger partial charge in [-0.05, 0) is 47.2 Å². The van der Waals surface area contributed by atoms with Gasteiger partial charge in [0.2, 0.25) is 0 Å². The summed E-state index contributed by atoms with van der Waals surface area (Å²) in [6.07, 6.45) is 0. The molecule has 6 heteroatoms. The third kappa shape index (κ3) is 4.16. The van der Waals surface area contributed by atoms with Gasteiger partial charge in [0.05, 0.1) is 5.56 Å². The molecule has 22 heavy (non-hydrogen) atoms. The van der Waals surface area contributed by atoms with E-state index < -0.39 is 6.61 Å². The average molecular weight is 417 g/mol. The Kier molecular flexibility index (Phi) is 5.70. The summed E-state index contributed by atoms with van der Waals surface area (Å²) in [7, 11) is 0. The molecule has 0 spiro atoms. The van der Waals surface area contributed by atoms with E-state index in [9.17, 15) is 13.6 Å². The van der Waals surface area contributed by atoms with Gasteiger partial charge in [0.15, 0.2) is 0 Å². The highest BCUT2D eigenvalue weighted by Crippen LogP contribution is 2.21. The van der Waals surface area contributed by atoms with Crippen LogP contribution >= 0.6 is 22.6 Å². The lowest BCUT2D eigenvalue weighted by Gasteiger charge is -2.12. The number of hydrogen-bond acceptors (Lipinski definition) is 2. The summed E-state index contributed by atoms with van der Waals surface area (Å²) in [5, 5.41) is 2.73. The van der Waals surface area contributed by atoms with Crippen LogP contribution in [0.5, 0.6) is 5.75 Å². The van der Waals surface area contributed by atoms with Gasteiger partial charge >= 0.3 is 6.61 Å². The molecule has 0 saturated carbocycles. The lowest BCUT2D eigenvalue weighted by atomic mass is 10.1. The molecular weight excluding hydrogens is 403 g/mol. The minimum Gasteiger partial charge on any atom is -0.434 e. The zero-order chi connectivity index (χ0) is 16.1. The maximum atomic E-state index is 12.4. The Morgan fingerprint density at radius 1 is 1.23 bits per heavy atom. The summed E-state index contributed by atoms with van der Waals surface area (Å²) in [4.78, 5) is 12.2. The lowest BCUT2D eigenvalue weighted by Crippen LogP contribution is -2.24. The molecule has 0 heterocycles. The first-order valence-corrected chi connectivity index (χ1v) is 7.63. The van der Waals surface area contributed by atoms with Gasteiger partial charge in [-0.1, -0.05) is 30.3 Å². The molecule has 0 aliphatic rings. The molecule has 0 aliphatic heterocycles. The molecule has 0 atom stereocenters. The molecule has 3 nitrogen and oxygen atoms in total. The van der Waals surface area contributed by atoms with E-state index in [2.05, 4.69) is 32.6 Å². The van der Waals surface area contributed by atoms with Crippen molar-refractivity contribution >= 4 is 28.5 Å². The molecule has 0 unspecified atom stereocenters.